The van der Waals surface area contributed by atoms with E-state index >= 15 is 0 Å². The summed E-state index contributed by atoms with van der Waals surface area (Å²) in [6, 6.07) is 14.1. The van der Waals surface area contributed by atoms with Crippen molar-refractivity contribution < 1.29 is 19.4 Å². The van der Waals surface area contributed by atoms with Crippen LogP contribution < -0.4 is 9.64 Å². The van der Waals surface area contributed by atoms with Gasteiger partial charge in [-0.1, -0.05) is 76.8 Å². The molecule has 1 N–H and O–H groups in total. The molecule has 2 aromatic rings. The Kier molecular flexibility index (Phi) is 11.3. The van der Waals surface area contributed by atoms with E-state index in [0.29, 0.717) is 17.9 Å². The van der Waals surface area contributed by atoms with Gasteiger partial charge in [-0.15, -0.1) is 0 Å². The number of ether oxygens (including phenoxy) is 1. The van der Waals surface area contributed by atoms with Gasteiger partial charge in [0, 0.05) is 31.9 Å². The van der Waals surface area contributed by atoms with Crippen molar-refractivity contribution in [2.75, 3.05) is 32.6 Å². The number of likely N-dealkylation sites (tertiary alicyclic amines) is 1. The van der Waals surface area contributed by atoms with Crippen LogP contribution in [0.15, 0.2) is 54.1 Å². The van der Waals surface area contributed by atoms with Crippen LogP contribution in [-0.4, -0.2) is 49.4 Å². The van der Waals surface area contributed by atoms with E-state index in [0.717, 1.165) is 30.5 Å². The molecule has 38 heavy (non-hydrogen) atoms. The summed E-state index contributed by atoms with van der Waals surface area (Å²) >= 11 is 0. The monoisotopic (exact) mass is 520 g/mol. The zero-order valence-corrected chi connectivity index (χ0v) is 23.5. The van der Waals surface area contributed by atoms with Crippen molar-refractivity contribution in [2.24, 2.45) is 0 Å². The fourth-order valence-corrected chi connectivity index (χ4v) is 5.09. The molecule has 1 atom stereocenters. The molecule has 0 unspecified atom stereocenters. The molecule has 3 rings (SSSR count). The Balaban J connectivity index is 1.76. The molecule has 206 valence electrons. The first-order valence-corrected chi connectivity index (χ1v) is 14.1. The zero-order valence-electron chi connectivity index (χ0n) is 23.5. The number of amides is 1. The second-order valence-electron chi connectivity index (χ2n) is 10.4. The minimum atomic E-state index is -0.632. The number of carbonyl (C=O) groups excluding carboxylic acids is 2. The van der Waals surface area contributed by atoms with Crippen LogP contribution in [0.4, 0.5) is 5.69 Å². The molecule has 6 heteroatoms. The lowest BCUT2D eigenvalue weighted by Crippen LogP contribution is -2.30. The van der Waals surface area contributed by atoms with Crippen molar-refractivity contribution in [3.05, 3.63) is 65.2 Å². The van der Waals surface area contributed by atoms with E-state index in [1.54, 1.807) is 36.3 Å². The smallest absolute Gasteiger partial charge is 0.295 e. The third-order valence-electron chi connectivity index (χ3n) is 7.38. The predicted octanol–water partition coefficient (Wildman–Crippen LogP) is 7.10. The van der Waals surface area contributed by atoms with Crippen LogP contribution in [0.2, 0.25) is 0 Å². The molecule has 6 nitrogen and oxygen atoms in total. The number of unbranched alkanes of at least 4 members (excludes halogenated alkanes) is 9. The number of methoxy groups -OCH3 is 1. The van der Waals surface area contributed by atoms with Crippen molar-refractivity contribution in [1.82, 2.24) is 4.90 Å². The van der Waals surface area contributed by atoms with Gasteiger partial charge in [0.1, 0.15) is 11.5 Å². The Labute approximate surface area is 228 Å². The molecule has 1 heterocycles. The highest BCUT2D eigenvalue weighted by Gasteiger charge is 2.45. The van der Waals surface area contributed by atoms with E-state index in [9.17, 15) is 14.7 Å². The van der Waals surface area contributed by atoms with Gasteiger partial charge in [0.05, 0.1) is 18.7 Å². The van der Waals surface area contributed by atoms with Gasteiger partial charge in [-0.25, -0.2) is 0 Å². The number of ketones is 1. The Morgan fingerprint density at radius 1 is 0.842 bits per heavy atom. The fraction of sp³-hybridized carbons (Fsp3) is 0.500. The number of aliphatic hydroxyl groups is 1. The normalized spacial score (nSPS) is 16.7. The lowest BCUT2D eigenvalue weighted by Gasteiger charge is -2.26. The number of hydrogen-bond donors (Lipinski definition) is 1. The SMILES string of the molecule is CCCCCCCCCCCCN1C(=O)C(=O)C(=C(O)c2ccc(OC)cc2)[C@H]1c1ccc(N(C)C)cc1. The predicted molar refractivity (Wildman–Crippen MR) is 155 cm³/mol. The van der Waals surface area contributed by atoms with Crippen molar-refractivity contribution in [3.63, 3.8) is 0 Å². The fourth-order valence-electron chi connectivity index (χ4n) is 5.09. The molecule has 0 aromatic heterocycles. The molecule has 1 aliphatic rings. The van der Waals surface area contributed by atoms with Crippen LogP contribution in [0.3, 0.4) is 0 Å². The summed E-state index contributed by atoms with van der Waals surface area (Å²) in [5.41, 5.74) is 2.47. The van der Waals surface area contributed by atoms with Crippen LogP contribution in [0.5, 0.6) is 5.75 Å². The van der Waals surface area contributed by atoms with Crippen molar-refractivity contribution in [3.8, 4) is 5.75 Å². The Hall–Kier alpha value is -3.28. The highest BCUT2D eigenvalue weighted by atomic mass is 16.5. The minimum absolute atomic E-state index is 0.143. The van der Waals surface area contributed by atoms with Crippen molar-refractivity contribution in [1.29, 1.82) is 0 Å². The van der Waals surface area contributed by atoms with Gasteiger partial charge in [0.2, 0.25) is 0 Å². The number of anilines is 1. The van der Waals surface area contributed by atoms with E-state index < -0.39 is 17.7 Å². The molecule has 0 spiro atoms. The van der Waals surface area contributed by atoms with E-state index in [4.69, 9.17) is 4.74 Å². The highest BCUT2D eigenvalue weighted by Crippen LogP contribution is 2.40. The summed E-state index contributed by atoms with van der Waals surface area (Å²) < 4.78 is 5.22. The molecule has 1 fully saturated rings. The van der Waals surface area contributed by atoms with Crippen LogP contribution >= 0.6 is 0 Å². The average molecular weight is 521 g/mol. The number of aliphatic hydroxyl groups excluding tert-OH is 1. The molecule has 0 bridgehead atoms. The lowest BCUT2D eigenvalue weighted by molar-refractivity contribution is -0.139. The standard InChI is InChI=1S/C32H44N2O4/c1-5-6-7-8-9-10-11-12-13-14-23-34-29(24-15-19-26(20-16-24)33(2)3)28(31(36)32(34)37)30(35)25-17-21-27(38-4)22-18-25/h15-22,29,35H,5-14,23H2,1-4H3/t29-/m1/s1. The van der Waals surface area contributed by atoms with Gasteiger partial charge in [0.25, 0.3) is 11.7 Å². The Morgan fingerprint density at radius 3 is 1.92 bits per heavy atom. The van der Waals surface area contributed by atoms with E-state index in [2.05, 4.69) is 6.92 Å². The van der Waals surface area contributed by atoms with Gasteiger partial charge < -0.3 is 19.6 Å². The molecule has 0 aliphatic carbocycles. The molecule has 1 saturated heterocycles. The number of Topliss-reactive ketones (excluding diaryl/α,β-unsaturated/α-hetero) is 1. The zero-order chi connectivity index (χ0) is 27.5. The Bertz CT molecular complexity index is 1070. The first-order chi connectivity index (χ1) is 18.4. The number of rotatable bonds is 15. The molecular weight excluding hydrogens is 476 g/mol. The van der Waals surface area contributed by atoms with Crippen LogP contribution in [0.1, 0.15) is 88.3 Å². The number of hydrogen-bond acceptors (Lipinski definition) is 5. The van der Waals surface area contributed by atoms with Gasteiger partial charge in [0.15, 0.2) is 0 Å². The summed E-state index contributed by atoms with van der Waals surface area (Å²) in [4.78, 5) is 30.1. The van der Waals surface area contributed by atoms with Gasteiger partial charge >= 0.3 is 0 Å². The minimum Gasteiger partial charge on any atom is -0.507 e. The second-order valence-corrected chi connectivity index (χ2v) is 10.4. The number of nitrogens with zero attached hydrogens (tertiary/aromatic N) is 2. The first-order valence-electron chi connectivity index (χ1n) is 14.1. The topological polar surface area (TPSA) is 70.1 Å². The maximum Gasteiger partial charge on any atom is 0.295 e. The van der Waals surface area contributed by atoms with E-state index in [1.165, 1.54) is 44.9 Å². The van der Waals surface area contributed by atoms with Crippen molar-refractivity contribution in [2.45, 2.75) is 77.2 Å². The molecule has 0 saturated carbocycles. The van der Waals surface area contributed by atoms with Crippen LogP contribution in [-0.2, 0) is 9.59 Å². The number of carbonyl (C=O) groups is 2. The summed E-state index contributed by atoms with van der Waals surface area (Å²) in [5, 5.41) is 11.2. The summed E-state index contributed by atoms with van der Waals surface area (Å²) in [6.45, 7) is 2.72. The summed E-state index contributed by atoms with van der Waals surface area (Å²) in [7, 11) is 5.51. The lowest BCUT2D eigenvalue weighted by atomic mass is 9.95. The van der Waals surface area contributed by atoms with Gasteiger partial charge in [-0.05, 0) is 48.4 Å². The van der Waals surface area contributed by atoms with Crippen LogP contribution in [0, 0.1) is 0 Å². The summed E-state index contributed by atoms with van der Waals surface area (Å²) in [6.07, 6.45) is 12.0. The maximum atomic E-state index is 13.3. The average Bonchev–Trinajstić information content (AvgIpc) is 3.18. The van der Waals surface area contributed by atoms with E-state index in [1.807, 2.05) is 43.3 Å². The molecule has 0 radical (unpaired) electrons. The van der Waals surface area contributed by atoms with Gasteiger partial charge in [-0.2, -0.15) is 0 Å². The molecule has 2 aromatic carbocycles. The Morgan fingerprint density at radius 2 is 1.39 bits per heavy atom. The first kappa shape index (κ1) is 29.3. The molecular formula is C32H44N2O4. The highest BCUT2D eigenvalue weighted by molar-refractivity contribution is 6.46. The largest absolute Gasteiger partial charge is 0.507 e. The molecule has 1 aliphatic heterocycles. The molecule has 1 amide bonds. The quantitative estimate of drug-likeness (QED) is 0.117. The summed E-state index contributed by atoms with van der Waals surface area (Å²) in [5.74, 6) is -0.679. The number of benzene rings is 2. The second kappa shape index (κ2) is 14.6. The maximum absolute atomic E-state index is 13.3. The third kappa shape index (κ3) is 7.40. The van der Waals surface area contributed by atoms with Crippen LogP contribution in [0.25, 0.3) is 5.76 Å². The third-order valence-corrected chi connectivity index (χ3v) is 7.38. The van der Waals surface area contributed by atoms with Crippen molar-refractivity contribution >= 4 is 23.1 Å². The van der Waals surface area contributed by atoms with Gasteiger partial charge in [-0.3, -0.25) is 9.59 Å². The van der Waals surface area contributed by atoms with E-state index in [-0.39, 0.29) is 11.3 Å².